The normalized spacial score (nSPS) is 10.1. The maximum atomic E-state index is 12.7. The van der Waals surface area contributed by atoms with Crippen LogP contribution in [0.25, 0.3) is 0 Å². The van der Waals surface area contributed by atoms with Crippen molar-refractivity contribution in [2.75, 3.05) is 13.2 Å². The third-order valence-corrected chi connectivity index (χ3v) is 3.33. The smallest absolute Gasteiger partial charge is 0.338 e. The van der Waals surface area contributed by atoms with Crippen molar-refractivity contribution < 1.29 is 23.9 Å². The van der Waals surface area contributed by atoms with Gasteiger partial charge in [-0.1, -0.05) is 30.3 Å². The van der Waals surface area contributed by atoms with Crippen molar-refractivity contribution in [2.24, 2.45) is 0 Å². The van der Waals surface area contributed by atoms with Gasteiger partial charge in [0.1, 0.15) is 0 Å². The predicted molar refractivity (Wildman–Crippen MR) is 88.2 cm³/mol. The quantitative estimate of drug-likeness (QED) is 0.602. The van der Waals surface area contributed by atoms with Gasteiger partial charge in [0.05, 0.1) is 24.3 Å². The minimum Gasteiger partial charge on any atom is -0.462 e. The maximum Gasteiger partial charge on any atom is 0.338 e. The van der Waals surface area contributed by atoms with Crippen molar-refractivity contribution in [3.05, 3.63) is 70.8 Å². The van der Waals surface area contributed by atoms with Gasteiger partial charge in [0.15, 0.2) is 5.78 Å². The summed E-state index contributed by atoms with van der Waals surface area (Å²) in [7, 11) is 0. The van der Waals surface area contributed by atoms with Gasteiger partial charge >= 0.3 is 11.9 Å². The molecule has 0 amide bonds. The summed E-state index contributed by atoms with van der Waals surface area (Å²) in [6.45, 7) is 3.95. The average molecular weight is 326 g/mol. The molecule has 5 nitrogen and oxygen atoms in total. The summed E-state index contributed by atoms with van der Waals surface area (Å²) in [6.07, 6.45) is 0. The molecule has 24 heavy (non-hydrogen) atoms. The van der Waals surface area contributed by atoms with E-state index in [0.717, 1.165) is 0 Å². The first-order valence-corrected chi connectivity index (χ1v) is 7.66. The van der Waals surface area contributed by atoms with E-state index in [0.29, 0.717) is 11.1 Å². The fraction of sp³-hybridized carbons (Fsp3) is 0.211. The van der Waals surface area contributed by atoms with Gasteiger partial charge in [0, 0.05) is 11.1 Å². The van der Waals surface area contributed by atoms with Crippen molar-refractivity contribution in [3.63, 3.8) is 0 Å². The van der Waals surface area contributed by atoms with Gasteiger partial charge in [0.25, 0.3) is 0 Å². The van der Waals surface area contributed by atoms with E-state index in [2.05, 4.69) is 0 Å². The number of rotatable bonds is 6. The third kappa shape index (κ3) is 3.87. The Morgan fingerprint density at radius 1 is 0.708 bits per heavy atom. The van der Waals surface area contributed by atoms with Gasteiger partial charge in [-0.3, -0.25) is 4.79 Å². The Bertz CT molecular complexity index is 747. The molecule has 5 heteroatoms. The molecular weight excluding hydrogens is 308 g/mol. The van der Waals surface area contributed by atoms with Gasteiger partial charge in [-0.15, -0.1) is 0 Å². The van der Waals surface area contributed by atoms with E-state index in [-0.39, 0.29) is 30.1 Å². The molecule has 124 valence electrons. The second-order valence-electron chi connectivity index (χ2n) is 4.89. The largest absolute Gasteiger partial charge is 0.462 e. The molecule has 0 atom stereocenters. The van der Waals surface area contributed by atoms with E-state index < -0.39 is 11.9 Å². The van der Waals surface area contributed by atoms with Crippen LogP contribution in [0.1, 0.15) is 50.5 Å². The van der Waals surface area contributed by atoms with Gasteiger partial charge in [-0.2, -0.15) is 0 Å². The number of benzene rings is 2. The summed E-state index contributed by atoms with van der Waals surface area (Å²) in [4.78, 5) is 36.3. The Labute approximate surface area is 140 Å². The third-order valence-electron chi connectivity index (χ3n) is 3.33. The highest BCUT2D eigenvalue weighted by atomic mass is 16.5. The van der Waals surface area contributed by atoms with Crippen LogP contribution in [0.15, 0.2) is 48.5 Å². The van der Waals surface area contributed by atoms with E-state index in [9.17, 15) is 14.4 Å². The highest BCUT2D eigenvalue weighted by Gasteiger charge is 2.19. The van der Waals surface area contributed by atoms with Crippen LogP contribution in [0.4, 0.5) is 0 Å². The molecule has 2 aromatic carbocycles. The lowest BCUT2D eigenvalue weighted by Crippen LogP contribution is -2.13. The van der Waals surface area contributed by atoms with Crippen LogP contribution in [0.2, 0.25) is 0 Å². The zero-order chi connectivity index (χ0) is 17.5. The van der Waals surface area contributed by atoms with Gasteiger partial charge < -0.3 is 9.47 Å². The SMILES string of the molecule is CCOC(=O)c1ccc(C(=O)c2ccccc2C(=O)OCC)cc1. The molecular formula is C19H18O5. The Kier molecular flexibility index (Phi) is 5.84. The number of esters is 2. The van der Waals surface area contributed by atoms with Crippen molar-refractivity contribution in [2.45, 2.75) is 13.8 Å². The lowest BCUT2D eigenvalue weighted by molar-refractivity contribution is 0.0516. The van der Waals surface area contributed by atoms with Crippen LogP contribution in [-0.2, 0) is 9.47 Å². The molecule has 0 saturated heterocycles. The zero-order valence-electron chi connectivity index (χ0n) is 13.6. The van der Waals surface area contributed by atoms with Crippen molar-refractivity contribution in [3.8, 4) is 0 Å². The number of carbonyl (C=O) groups excluding carboxylic acids is 3. The average Bonchev–Trinajstić information content (AvgIpc) is 2.61. The molecule has 2 aromatic rings. The first-order valence-electron chi connectivity index (χ1n) is 7.66. The molecule has 0 unspecified atom stereocenters. The highest BCUT2D eigenvalue weighted by Crippen LogP contribution is 2.17. The maximum absolute atomic E-state index is 12.7. The summed E-state index contributed by atoms with van der Waals surface area (Å²) in [5.41, 5.74) is 1.23. The number of ether oxygens (including phenoxy) is 2. The molecule has 0 aromatic heterocycles. The lowest BCUT2D eigenvalue weighted by Gasteiger charge is -2.08. The monoisotopic (exact) mass is 326 g/mol. The summed E-state index contributed by atoms with van der Waals surface area (Å²) in [5.74, 6) is -1.29. The number of ketones is 1. The predicted octanol–water partition coefficient (Wildman–Crippen LogP) is 3.27. The number of hydrogen-bond donors (Lipinski definition) is 0. The Morgan fingerprint density at radius 3 is 1.79 bits per heavy atom. The van der Waals surface area contributed by atoms with Crippen molar-refractivity contribution in [1.82, 2.24) is 0 Å². The van der Waals surface area contributed by atoms with E-state index in [1.165, 1.54) is 24.3 Å². The molecule has 2 rings (SSSR count). The summed E-state index contributed by atoms with van der Waals surface area (Å²) < 4.78 is 9.89. The fourth-order valence-electron chi connectivity index (χ4n) is 2.20. The molecule has 0 radical (unpaired) electrons. The number of hydrogen-bond acceptors (Lipinski definition) is 5. The summed E-state index contributed by atoms with van der Waals surface area (Å²) in [5, 5.41) is 0. The van der Waals surface area contributed by atoms with E-state index >= 15 is 0 Å². The molecule has 0 spiro atoms. The van der Waals surface area contributed by atoms with Gasteiger partial charge in [-0.25, -0.2) is 9.59 Å². The van der Waals surface area contributed by atoms with Crippen LogP contribution < -0.4 is 0 Å². The van der Waals surface area contributed by atoms with Crippen molar-refractivity contribution in [1.29, 1.82) is 0 Å². The molecule has 0 aliphatic rings. The molecule has 0 fully saturated rings. The summed E-state index contributed by atoms with van der Waals surface area (Å²) in [6, 6.07) is 12.6. The number of carbonyl (C=O) groups is 3. The second-order valence-corrected chi connectivity index (χ2v) is 4.89. The van der Waals surface area contributed by atoms with Gasteiger partial charge in [-0.05, 0) is 32.0 Å². The summed E-state index contributed by atoms with van der Waals surface area (Å²) >= 11 is 0. The van der Waals surface area contributed by atoms with Crippen LogP contribution in [-0.4, -0.2) is 30.9 Å². The van der Waals surface area contributed by atoms with Gasteiger partial charge in [0.2, 0.25) is 0 Å². The molecule has 0 N–H and O–H groups in total. The molecule has 0 aliphatic heterocycles. The molecule has 0 saturated carbocycles. The topological polar surface area (TPSA) is 69.7 Å². The zero-order valence-corrected chi connectivity index (χ0v) is 13.6. The van der Waals surface area contributed by atoms with E-state index in [1.54, 1.807) is 38.1 Å². The fourth-order valence-corrected chi connectivity index (χ4v) is 2.20. The highest BCUT2D eigenvalue weighted by molar-refractivity contribution is 6.14. The lowest BCUT2D eigenvalue weighted by atomic mass is 9.97. The molecule has 0 aliphatic carbocycles. The minimum atomic E-state index is -0.537. The second kappa shape index (κ2) is 8.06. The van der Waals surface area contributed by atoms with E-state index in [4.69, 9.17) is 9.47 Å². The van der Waals surface area contributed by atoms with E-state index in [1.807, 2.05) is 0 Å². The first-order chi connectivity index (χ1) is 11.6. The van der Waals surface area contributed by atoms with Crippen molar-refractivity contribution >= 4 is 17.7 Å². The van der Waals surface area contributed by atoms with Crippen LogP contribution in [0.5, 0.6) is 0 Å². The van der Waals surface area contributed by atoms with Crippen LogP contribution >= 0.6 is 0 Å². The Hall–Kier alpha value is -2.95. The minimum absolute atomic E-state index is 0.221. The first kappa shape index (κ1) is 17.4. The molecule has 0 bridgehead atoms. The van der Waals surface area contributed by atoms with Crippen LogP contribution in [0, 0.1) is 0 Å². The molecule has 0 heterocycles. The van der Waals surface area contributed by atoms with Crippen LogP contribution in [0.3, 0.4) is 0 Å². The standard InChI is InChI=1S/C19H18O5/c1-3-23-18(21)14-11-9-13(10-12-14)17(20)15-7-5-6-8-16(15)19(22)24-4-2/h5-12H,3-4H2,1-2H3. The Balaban J connectivity index is 2.29. The Morgan fingerprint density at radius 2 is 1.21 bits per heavy atom.